The van der Waals surface area contributed by atoms with Crippen molar-refractivity contribution in [2.75, 3.05) is 25.0 Å². The molecular formula is C12H18N2. The summed E-state index contributed by atoms with van der Waals surface area (Å²) >= 11 is 0. The van der Waals surface area contributed by atoms with Gasteiger partial charge in [-0.25, -0.2) is 0 Å². The molecule has 0 aliphatic heterocycles. The Morgan fingerprint density at radius 1 is 1.36 bits per heavy atom. The van der Waals surface area contributed by atoms with Crippen LogP contribution in [0, 0.1) is 6.92 Å². The highest BCUT2D eigenvalue weighted by Gasteiger charge is 2.00. The van der Waals surface area contributed by atoms with Gasteiger partial charge < -0.3 is 10.6 Å². The Balaban J connectivity index is 2.65. The molecule has 1 aromatic rings. The molecule has 1 rings (SSSR count). The third kappa shape index (κ3) is 2.89. The Kier molecular flexibility index (Phi) is 3.72. The van der Waals surface area contributed by atoms with Crippen molar-refractivity contribution in [2.24, 2.45) is 5.73 Å². The van der Waals surface area contributed by atoms with E-state index in [1.54, 1.807) is 0 Å². The summed E-state index contributed by atoms with van der Waals surface area (Å²) in [6, 6.07) is 8.44. The minimum atomic E-state index is 0.552. The van der Waals surface area contributed by atoms with Gasteiger partial charge in [0.15, 0.2) is 0 Å². The number of anilines is 1. The second-order valence-electron chi connectivity index (χ2n) is 3.65. The topological polar surface area (TPSA) is 29.3 Å². The number of nitrogens with zero attached hydrogens (tertiary/aromatic N) is 1. The Morgan fingerprint density at radius 3 is 2.43 bits per heavy atom. The predicted molar refractivity (Wildman–Crippen MR) is 62.6 cm³/mol. The molecule has 0 saturated carbocycles. The first-order valence-corrected chi connectivity index (χ1v) is 4.78. The first kappa shape index (κ1) is 10.8. The quantitative estimate of drug-likeness (QED) is 0.735. The van der Waals surface area contributed by atoms with Crippen LogP contribution in [-0.2, 0) is 0 Å². The molecule has 76 valence electrons. The van der Waals surface area contributed by atoms with Gasteiger partial charge in [-0.1, -0.05) is 24.3 Å². The SMILES string of the molecule is C=C(CN)CN(C)c1ccc(C)cc1. The third-order valence-corrected chi connectivity index (χ3v) is 2.22. The molecule has 0 radical (unpaired) electrons. The number of aryl methyl sites for hydroxylation is 1. The van der Waals surface area contributed by atoms with E-state index in [-0.39, 0.29) is 0 Å². The smallest absolute Gasteiger partial charge is 0.0395 e. The molecular weight excluding hydrogens is 172 g/mol. The highest BCUT2D eigenvalue weighted by atomic mass is 15.1. The van der Waals surface area contributed by atoms with E-state index in [1.165, 1.54) is 11.3 Å². The van der Waals surface area contributed by atoms with Crippen LogP contribution in [0.3, 0.4) is 0 Å². The lowest BCUT2D eigenvalue weighted by molar-refractivity contribution is 0.948. The molecule has 2 heteroatoms. The van der Waals surface area contributed by atoms with Gasteiger partial charge in [-0.3, -0.25) is 0 Å². The highest BCUT2D eigenvalue weighted by molar-refractivity contribution is 5.47. The summed E-state index contributed by atoms with van der Waals surface area (Å²) in [4.78, 5) is 2.15. The fourth-order valence-electron chi connectivity index (χ4n) is 1.29. The van der Waals surface area contributed by atoms with Gasteiger partial charge in [0.2, 0.25) is 0 Å². The van der Waals surface area contributed by atoms with Crippen molar-refractivity contribution in [1.29, 1.82) is 0 Å². The molecule has 0 aromatic heterocycles. The van der Waals surface area contributed by atoms with Gasteiger partial charge in [0.1, 0.15) is 0 Å². The van der Waals surface area contributed by atoms with Gasteiger partial charge in [-0.2, -0.15) is 0 Å². The third-order valence-electron chi connectivity index (χ3n) is 2.22. The van der Waals surface area contributed by atoms with Gasteiger partial charge in [0.05, 0.1) is 0 Å². The lowest BCUT2D eigenvalue weighted by Crippen LogP contribution is -2.22. The molecule has 0 amide bonds. The number of likely N-dealkylation sites (N-methyl/N-ethyl adjacent to an activating group) is 1. The molecule has 0 unspecified atom stereocenters. The van der Waals surface area contributed by atoms with E-state index in [4.69, 9.17) is 5.73 Å². The van der Waals surface area contributed by atoms with Gasteiger partial charge in [-0.15, -0.1) is 0 Å². The molecule has 0 spiro atoms. The van der Waals surface area contributed by atoms with Crippen LogP contribution in [-0.4, -0.2) is 20.1 Å². The fourth-order valence-corrected chi connectivity index (χ4v) is 1.29. The maximum Gasteiger partial charge on any atom is 0.0395 e. The molecule has 14 heavy (non-hydrogen) atoms. The van der Waals surface area contributed by atoms with E-state index in [9.17, 15) is 0 Å². The van der Waals surface area contributed by atoms with Gasteiger partial charge in [0.25, 0.3) is 0 Å². The van der Waals surface area contributed by atoms with Crippen LogP contribution in [0.2, 0.25) is 0 Å². The fraction of sp³-hybridized carbons (Fsp3) is 0.333. The maximum atomic E-state index is 5.50. The van der Waals surface area contributed by atoms with Gasteiger partial charge in [-0.05, 0) is 24.6 Å². The first-order chi connectivity index (χ1) is 6.63. The molecule has 1 aromatic carbocycles. The molecule has 0 fully saturated rings. The molecule has 2 nitrogen and oxygen atoms in total. The van der Waals surface area contributed by atoms with Crippen molar-refractivity contribution >= 4 is 5.69 Å². The van der Waals surface area contributed by atoms with Crippen molar-refractivity contribution in [1.82, 2.24) is 0 Å². The summed E-state index contributed by atoms with van der Waals surface area (Å²) in [5.74, 6) is 0. The van der Waals surface area contributed by atoms with E-state index in [1.807, 2.05) is 7.05 Å². The minimum Gasteiger partial charge on any atom is -0.371 e. The Labute approximate surface area is 86.0 Å². The van der Waals surface area contributed by atoms with E-state index in [0.717, 1.165) is 12.1 Å². The summed E-state index contributed by atoms with van der Waals surface area (Å²) in [6.45, 7) is 7.35. The van der Waals surface area contributed by atoms with Crippen LogP contribution in [0.5, 0.6) is 0 Å². The Bertz CT molecular complexity index is 301. The van der Waals surface area contributed by atoms with Crippen LogP contribution >= 0.6 is 0 Å². The second kappa shape index (κ2) is 4.82. The summed E-state index contributed by atoms with van der Waals surface area (Å²) in [5.41, 5.74) is 9.02. The van der Waals surface area contributed by atoms with E-state index in [2.05, 4.69) is 42.7 Å². The van der Waals surface area contributed by atoms with Crippen molar-refractivity contribution in [3.05, 3.63) is 42.0 Å². The van der Waals surface area contributed by atoms with Crippen LogP contribution in [0.25, 0.3) is 0 Å². The molecule has 2 N–H and O–H groups in total. The van der Waals surface area contributed by atoms with Gasteiger partial charge in [0, 0.05) is 25.8 Å². The number of rotatable bonds is 4. The largest absolute Gasteiger partial charge is 0.371 e. The molecule has 0 saturated heterocycles. The molecule has 0 aliphatic carbocycles. The average Bonchev–Trinajstić information content (AvgIpc) is 2.18. The number of benzene rings is 1. The average molecular weight is 190 g/mol. The summed E-state index contributed by atoms with van der Waals surface area (Å²) in [6.07, 6.45) is 0. The lowest BCUT2D eigenvalue weighted by atomic mass is 10.2. The number of hydrogen-bond acceptors (Lipinski definition) is 2. The normalized spacial score (nSPS) is 9.93. The second-order valence-corrected chi connectivity index (χ2v) is 3.65. The standard InChI is InChI=1S/C12H18N2/c1-10-4-6-12(7-5-10)14(3)9-11(2)8-13/h4-7H,2,8-9,13H2,1,3H3. The van der Waals surface area contributed by atoms with E-state index in [0.29, 0.717) is 6.54 Å². The summed E-state index contributed by atoms with van der Waals surface area (Å²) in [7, 11) is 2.05. The van der Waals surface area contributed by atoms with Crippen molar-refractivity contribution in [2.45, 2.75) is 6.92 Å². The van der Waals surface area contributed by atoms with Crippen LogP contribution in [0.15, 0.2) is 36.4 Å². The molecule has 0 aliphatic rings. The predicted octanol–water partition coefficient (Wildman–Crippen LogP) is 1.95. The zero-order valence-electron chi connectivity index (χ0n) is 8.96. The number of nitrogens with two attached hydrogens (primary N) is 1. The first-order valence-electron chi connectivity index (χ1n) is 4.78. The highest BCUT2D eigenvalue weighted by Crippen LogP contribution is 2.13. The lowest BCUT2D eigenvalue weighted by Gasteiger charge is -2.20. The zero-order chi connectivity index (χ0) is 10.6. The van der Waals surface area contributed by atoms with Crippen LogP contribution in [0.1, 0.15) is 5.56 Å². The van der Waals surface area contributed by atoms with Crippen LogP contribution in [0.4, 0.5) is 5.69 Å². The van der Waals surface area contributed by atoms with E-state index >= 15 is 0 Å². The monoisotopic (exact) mass is 190 g/mol. The Morgan fingerprint density at radius 2 is 1.93 bits per heavy atom. The minimum absolute atomic E-state index is 0.552. The van der Waals surface area contributed by atoms with Crippen LogP contribution < -0.4 is 10.6 Å². The number of hydrogen-bond donors (Lipinski definition) is 1. The molecule has 0 heterocycles. The van der Waals surface area contributed by atoms with E-state index < -0.39 is 0 Å². The van der Waals surface area contributed by atoms with Crippen molar-refractivity contribution in [3.8, 4) is 0 Å². The van der Waals surface area contributed by atoms with Gasteiger partial charge >= 0.3 is 0 Å². The zero-order valence-corrected chi connectivity index (χ0v) is 8.96. The molecule has 0 bridgehead atoms. The molecule has 0 atom stereocenters. The summed E-state index contributed by atoms with van der Waals surface area (Å²) < 4.78 is 0. The maximum absolute atomic E-state index is 5.50. The van der Waals surface area contributed by atoms with Crippen molar-refractivity contribution in [3.63, 3.8) is 0 Å². The summed E-state index contributed by atoms with van der Waals surface area (Å²) in [5, 5.41) is 0. The van der Waals surface area contributed by atoms with Crippen molar-refractivity contribution < 1.29 is 0 Å². The Hall–Kier alpha value is -1.28.